The Kier molecular flexibility index (Phi) is 6.23. The van der Waals surface area contributed by atoms with Gasteiger partial charge in [-0.2, -0.15) is 15.4 Å². The minimum Gasteiger partial charge on any atom is -0.442 e. The van der Waals surface area contributed by atoms with Gasteiger partial charge in [-0.05, 0) is 30.3 Å². The molecule has 3 aromatic rings. The van der Waals surface area contributed by atoms with Gasteiger partial charge >= 0.3 is 6.09 Å². The van der Waals surface area contributed by atoms with Crippen LogP contribution in [0.3, 0.4) is 0 Å². The smallest absolute Gasteiger partial charge is 0.414 e. The average Bonchev–Trinajstić information content (AvgIpc) is 3.48. The molecule has 1 saturated heterocycles. The van der Waals surface area contributed by atoms with E-state index < -0.39 is 18.0 Å². The number of ether oxygens (including phenoxy) is 1. The van der Waals surface area contributed by atoms with Gasteiger partial charge in [0, 0.05) is 35.3 Å². The molecule has 3 heterocycles. The number of aromatic nitrogens is 3. The molecule has 0 radical (unpaired) electrons. The normalized spacial score (nSPS) is 15.9. The van der Waals surface area contributed by atoms with Crippen LogP contribution in [-0.4, -0.2) is 46.6 Å². The quantitative estimate of drug-likeness (QED) is 0.492. The number of anilines is 1. The molecule has 4 rings (SSSR count). The van der Waals surface area contributed by atoms with Crippen molar-refractivity contribution in [1.29, 1.82) is 0 Å². The Morgan fingerprint density at radius 3 is 2.97 bits per heavy atom. The molecular weight excluding hydrogens is 423 g/mol. The molecule has 1 fully saturated rings. The van der Waals surface area contributed by atoms with Crippen molar-refractivity contribution in [2.75, 3.05) is 18.0 Å². The van der Waals surface area contributed by atoms with E-state index in [1.807, 2.05) is 12.1 Å². The largest absolute Gasteiger partial charge is 0.442 e. The van der Waals surface area contributed by atoms with Crippen LogP contribution in [0.5, 0.6) is 0 Å². The molecule has 0 saturated carbocycles. The molecule has 31 heavy (non-hydrogen) atoms. The van der Waals surface area contributed by atoms with Crippen molar-refractivity contribution in [3.05, 3.63) is 52.9 Å². The number of aromatic amines is 1. The number of hydrogen-bond donors (Lipinski definition) is 3. The van der Waals surface area contributed by atoms with Crippen LogP contribution in [0.15, 0.2) is 36.5 Å². The second kappa shape index (κ2) is 9.23. The summed E-state index contributed by atoms with van der Waals surface area (Å²) in [6.45, 7) is 3.08. The zero-order valence-corrected chi connectivity index (χ0v) is 17.5. The van der Waals surface area contributed by atoms with Gasteiger partial charge in [0.25, 0.3) is 0 Å². The van der Waals surface area contributed by atoms with Crippen molar-refractivity contribution < 1.29 is 18.7 Å². The van der Waals surface area contributed by atoms with Crippen LogP contribution in [0.2, 0.25) is 0 Å². The summed E-state index contributed by atoms with van der Waals surface area (Å²) in [6, 6.07) is 8.52. The summed E-state index contributed by atoms with van der Waals surface area (Å²) in [5.74, 6) is -0.617. The fourth-order valence-corrected chi connectivity index (χ4v) is 4.21. The summed E-state index contributed by atoms with van der Waals surface area (Å²) >= 11 is 1.49. The standard InChI is InChI=1S/C20H21FN6O3S/c1-12(28)23-9-15-11-27(20(29)30-15)14-2-4-17(18(21)6-14)19-5-3-16(31-19)10-22-7-13-8-24-26-25-13/h2-6,8,15,22H,7,9-11H2,1H3,(H,23,28)(H,24,25,26)/t15-/m0/s1. The predicted octanol–water partition coefficient (Wildman–Crippen LogP) is 2.42. The fraction of sp³-hybridized carbons (Fsp3) is 0.300. The molecule has 162 valence electrons. The highest BCUT2D eigenvalue weighted by Gasteiger charge is 2.32. The first-order valence-corrected chi connectivity index (χ1v) is 10.5. The molecule has 0 bridgehead atoms. The number of amides is 2. The number of rotatable bonds is 8. The first-order chi connectivity index (χ1) is 15.0. The van der Waals surface area contributed by atoms with Crippen LogP contribution in [0.4, 0.5) is 14.9 Å². The van der Waals surface area contributed by atoms with Gasteiger partial charge in [0.05, 0.1) is 30.7 Å². The third-order valence-corrected chi connectivity index (χ3v) is 5.83. The minimum atomic E-state index is -0.556. The average molecular weight is 444 g/mol. The number of thiophene rings is 1. The molecule has 0 unspecified atom stereocenters. The van der Waals surface area contributed by atoms with Crippen molar-refractivity contribution in [3.8, 4) is 10.4 Å². The Morgan fingerprint density at radius 2 is 2.23 bits per heavy atom. The second-order valence-electron chi connectivity index (χ2n) is 7.05. The molecule has 1 atom stereocenters. The lowest BCUT2D eigenvalue weighted by molar-refractivity contribution is -0.119. The lowest BCUT2D eigenvalue weighted by atomic mass is 10.1. The summed E-state index contributed by atoms with van der Waals surface area (Å²) in [5.41, 5.74) is 1.71. The van der Waals surface area contributed by atoms with Crippen LogP contribution in [0.1, 0.15) is 17.5 Å². The van der Waals surface area contributed by atoms with Crippen LogP contribution in [0.25, 0.3) is 10.4 Å². The van der Waals surface area contributed by atoms with E-state index in [1.54, 1.807) is 18.3 Å². The first-order valence-electron chi connectivity index (χ1n) is 9.66. The Bertz CT molecular complexity index is 1070. The molecule has 1 aliphatic heterocycles. The van der Waals surface area contributed by atoms with Crippen molar-refractivity contribution in [2.24, 2.45) is 0 Å². The molecule has 0 spiro atoms. The van der Waals surface area contributed by atoms with Crippen molar-refractivity contribution >= 4 is 29.0 Å². The minimum absolute atomic E-state index is 0.200. The summed E-state index contributed by atoms with van der Waals surface area (Å²) in [6.07, 6.45) is 0.630. The molecule has 1 aromatic carbocycles. The van der Waals surface area contributed by atoms with E-state index in [4.69, 9.17) is 4.74 Å². The van der Waals surface area contributed by atoms with Gasteiger partial charge in [-0.15, -0.1) is 11.3 Å². The van der Waals surface area contributed by atoms with Crippen molar-refractivity contribution in [2.45, 2.75) is 26.1 Å². The van der Waals surface area contributed by atoms with Gasteiger partial charge in [-0.25, -0.2) is 9.18 Å². The van der Waals surface area contributed by atoms with Gasteiger partial charge < -0.3 is 15.4 Å². The predicted molar refractivity (Wildman–Crippen MR) is 113 cm³/mol. The maximum atomic E-state index is 14.9. The molecule has 2 amide bonds. The number of cyclic esters (lactones) is 1. The first kappa shape index (κ1) is 20.9. The van der Waals surface area contributed by atoms with E-state index in [1.165, 1.54) is 29.2 Å². The highest BCUT2D eigenvalue weighted by atomic mass is 32.1. The van der Waals surface area contributed by atoms with E-state index in [2.05, 4.69) is 26.0 Å². The number of H-pyrrole nitrogens is 1. The maximum absolute atomic E-state index is 14.9. The molecule has 2 aromatic heterocycles. The maximum Gasteiger partial charge on any atom is 0.414 e. The van der Waals surface area contributed by atoms with Crippen molar-refractivity contribution in [3.63, 3.8) is 0 Å². The summed E-state index contributed by atoms with van der Waals surface area (Å²) in [5, 5.41) is 16.2. The van der Waals surface area contributed by atoms with Crippen LogP contribution >= 0.6 is 11.3 Å². The van der Waals surface area contributed by atoms with Gasteiger partial charge in [-0.1, -0.05) is 0 Å². The number of nitrogens with zero attached hydrogens (tertiary/aromatic N) is 3. The van der Waals surface area contributed by atoms with E-state index >= 15 is 0 Å². The third kappa shape index (κ3) is 5.06. The Balaban J connectivity index is 1.39. The number of carbonyl (C=O) groups excluding carboxylic acids is 2. The van der Waals surface area contributed by atoms with Gasteiger partial charge in [0.2, 0.25) is 5.91 Å². The lowest BCUT2D eigenvalue weighted by Gasteiger charge is -2.14. The monoisotopic (exact) mass is 444 g/mol. The molecule has 3 N–H and O–H groups in total. The van der Waals surface area contributed by atoms with Gasteiger partial charge in [0.15, 0.2) is 0 Å². The highest BCUT2D eigenvalue weighted by Crippen LogP contribution is 2.33. The molecule has 11 heteroatoms. The van der Waals surface area contributed by atoms with Gasteiger partial charge in [0.1, 0.15) is 11.9 Å². The Hall–Kier alpha value is -3.31. The lowest BCUT2D eigenvalue weighted by Crippen LogP contribution is -2.33. The number of nitrogens with one attached hydrogen (secondary N) is 3. The zero-order chi connectivity index (χ0) is 21.8. The molecule has 9 nitrogen and oxygen atoms in total. The van der Waals surface area contributed by atoms with E-state index in [0.29, 0.717) is 24.3 Å². The Morgan fingerprint density at radius 1 is 1.35 bits per heavy atom. The summed E-state index contributed by atoms with van der Waals surface area (Å²) in [4.78, 5) is 26.4. The van der Waals surface area contributed by atoms with E-state index in [9.17, 15) is 14.0 Å². The fourth-order valence-electron chi connectivity index (χ4n) is 3.21. The Labute approximate surface area is 181 Å². The second-order valence-corrected chi connectivity index (χ2v) is 8.22. The zero-order valence-electron chi connectivity index (χ0n) is 16.7. The number of carbonyl (C=O) groups is 2. The van der Waals surface area contributed by atoms with E-state index in [0.717, 1.165) is 15.4 Å². The number of benzene rings is 1. The number of hydrogen-bond acceptors (Lipinski definition) is 7. The van der Waals surface area contributed by atoms with Crippen molar-refractivity contribution in [1.82, 2.24) is 26.0 Å². The van der Waals surface area contributed by atoms with Crippen LogP contribution < -0.4 is 15.5 Å². The van der Waals surface area contributed by atoms with Crippen LogP contribution in [0, 0.1) is 5.82 Å². The number of halogens is 1. The van der Waals surface area contributed by atoms with E-state index in [-0.39, 0.29) is 19.0 Å². The highest BCUT2D eigenvalue weighted by molar-refractivity contribution is 7.15. The third-order valence-electron chi connectivity index (χ3n) is 4.71. The SMILES string of the molecule is CC(=O)NC[C@H]1CN(c2ccc(-c3ccc(CNCc4cn[nH]n4)s3)c(F)c2)C(=O)O1. The summed E-state index contributed by atoms with van der Waals surface area (Å²) in [7, 11) is 0. The van der Waals surface area contributed by atoms with Gasteiger partial charge in [-0.3, -0.25) is 9.69 Å². The molecule has 0 aliphatic carbocycles. The summed E-state index contributed by atoms with van der Waals surface area (Å²) < 4.78 is 20.1. The van der Waals surface area contributed by atoms with Crippen LogP contribution in [-0.2, 0) is 22.6 Å². The topological polar surface area (TPSA) is 112 Å². The molecular formula is C20H21FN6O3S. The molecule has 1 aliphatic rings.